The van der Waals surface area contributed by atoms with Crippen LogP contribution in [0, 0.1) is 0 Å². The van der Waals surface area contributed by atoms with Gasteiger partial charge in [0.05, 0.1) is 16.5 Å². The Balaban J connectivity index is 2.07. The number of halogens is 2. The van der Waals surface area contributed by atoms with Crippen molar-refractivity contribution in [3.8, 4) is 0 Å². The van der Waals surface area contributed by atoms with E-state index in [1.807, 2.05) is 6.07 Å². The second-order valence-corrected chi connectivity index (χ2v) is 6.15. The highest BCUT2D eigenvalue weighted by molar-refractivity contribution is 9.11. The first-order valence-electron chi connectivity index (χ1n) is 4.87. The molecule has 0 atom stereocenters. The highest BCUT2D eigenvalue weighted by Crippen LogP contribution is 2.24. The quantitative estimate of drug-likeness (QED) is 0.897. The lowest BCUT2D eigenvalue weighted by Crippen LogP contribution is -2.04. The van der Waals surface area contributed by atoms with Gasteiger partial charge in [-0.25, -0.2) is 4.98 Å². The summed E-state index contributed by atoms with van der Waals surface area (Å²) < 4.78 is 1.11. The molecule has 90 valence electrons. The number of nitrogens with zero attached hydrogens (tertiary/aromatic N) is 2. The number of anilines is 2. The summed E-state index contributed by atoms with van der Waals surface area (Å²) in [6.07, 6.45) is 1.58. The first-order chi connectivity index (χ1) is 8.19. The Kier molecular flexibility index (Phi) is 4.20. The molecule has 0 amide bonds. The molecule has 0 fully saturated rings. The van der Waals surface area contributed by atoms with Crippen molar-refractivity contribution < 1.29 is 0 Å². The van der Waals surface area contributed by atoms with E-state index in [4.69, 9.17) is 11.6 Å². The highest BCUT2D eigenvalue weighted by atomic mass is 79.9. The fourth-order valence-corrected chi connectivity index (χ4v) is 2.81. The van der Waals surface area contributed by atoms with Gasteiger partial charge in [-0.15, -0.1) is 11.3 Å². The number of aromatic nitrogens is 2. The van der Waals surface area contributed by atoms with Crippen molar-refractivity contribution in [3.63, 3.8) is 0 Å². The minimum Gasteiger partial charge on any atom is -0.364 e. The summed E-state index contributed by atoms with van der Waals surface area (Å²) in [5.74, 6) is 1.18. The predicted octanol–water partition coefficient (Wildman–Crippen LogP) is 3.61. The molecule has 0 aromatic carbocycles. The second kappa shape index (κ2) is 5.66. The van der Waals surface area contributed by atoms with Gasteiger partial charge >= 0.3 is 0 Å². The number of hydrogen-bond acceptors (Lipinski definition) is 5. The van der Waals surface area contributed by atoms with E-state index in [2.05, 4.69) is 42.6 Å². The summed E-state index contributed by atoms with van der Waals surface area (Å²) in [6.45, 7) is 0.691. The molecule has 2 aromatic rings. The van der Waals surface area contributed by atoms with Gasteiger partial charge in [-0.05, 0) is 28.1 Å². The van der Waals surface area contributed by atoms with Crippen molar-refractivity contribution in [3.05, 3.63) is 32.0 Å². The van der Waals surface area contributed by atoms with E-state index >= 15 is 0 Å². The molecule has 0 unspecified atom stereocenters. The van der Waals surface area contributed by atoms with Gasteiger partial charge in [-0.1, -0.05) is 11.6 Å². The van der Waals surface area contributed by atoms with E-state index in [9.17, 15) is 0 Å². The summed E-state index contributed by atoms with van der Waals surface area (Å²) >= 11 is 11.1. The molecule has 0 aliphatic heterocycles. The monoisotopic (exact) mass is 332 g/mol. The van der Waals surface area contributed by atoms with Crippen molar-refractivity contribution in [2.75, 3.05) is 17.7 Å². The first-order valence-corrected chi connectivity index (χ1v) is 6.86. The van der Waals surface area contributed by atoms with Crippen molar-refractivity contribution in [1.29, 1.82) is 0 Å². The number of thiophene rings is 1. The molecule has 2 aromatic heterocycles. The van der Waals surface area contributed by atoms with Crippen LogP contribution in [0.15, 0.2) is 22.1 Å². The molecule has 4 nitrogen and oxygen atoms in total. The lowest BCUT2D eigenvalue weighted by Gasteiger charge is -2.07. The standard InChI is InChI=1S/C10H10BrClN4S/c1-13-10-15-5-7(12)9(16-10)14-4-6-2-3-8(11)17-6/h2-3,5H,4H2,1H3,(H2,13,14,15,16). The Morgan fingerprint density at radius 2 is 2.29 bits per heavy atom. The fraction of sp³-hybridized carbons (Fsp3) is 0.200. The van der Waals surface area contributed by atoms with Gasteiger partial charge in [0, 0.05) is 11.9 Å². The second-order valence-electron chi connectivity index (χ2n) is 3.20. The molecule has 2 rings (SSSR count). The van der Waals surface area contributed by atoms with Crippen LogP contribution in [-0.2, 0) is 6.54 Å². The van der Waals surface area contributed by atoms with Crippen molar-refractivity contribution in [1.82, 2.24) is 9.97 Å². The third-order valence-electron chi connectivity index (χ3n) is 2.03. The fourth-order valence-electron chi connectivity index (χ4n) is 1.23. The van der Waals surface area contributed by atoms with Gasteiger partial charge in [-0.2, -0.15) is 4.98 Å². The average Bonchev–Trinajstić information content (AvgIpc) is 2.74. The predicted molar refractivity (Wildman–Crippen MR) is 75.9 cm³/mol. The highest BCUT2D eigenvalue weighted by Gasteiger charge is 2.05. The van der Waals surface area contributed by atoms with Crippen LogP contribution in [0.25, 0.3) is 0 Å². The normalized spacial score (nSPS) is 10.3. The third kappa shape index (κ3) is 3.31. The van der Waals surface area contributed by atoms with E-state index in [1.54, 1.807) is 24.6 Å². The van der Waals surface area contributed by atoms with E-state index in [0.717, 1.165) is 3.79 Å². The zero-order chi connectivity index (χ0) is 12.3. The summed E-state index contributed by atoms with van der Waals surface area (Å²) in [5.41, 5.74) is 0. The molecular formula is C10H10BrClN4S. The van der Waals surface area contributed by atoms with Gasteiger partial charge in [-0.3, -0.25) is 0 Å². The van der Waals surface area contributed by atoms with Crippen molar-refractivity contribution >= 4 is 50.6 Å². The van der Waals surface area contributed by atoms with E-state index in [0.29, 0.717) is 23.3 Å². The van der Waals surface area contributed by atoms with Gasteiger partial charge in [0.2, 0.25) is 5.95 Å². The zero-order valence-corrected chi connectivity index (χ0v) is 12.2. The Labute approximate surface area is 117 Å². The number of nitrogens with one attached hydrogen (secondary N) is 2. The van der Waals surface area contributed by atoms with Gasteiger partial charge in [0.1, 0.15) is 5.02 Å². The van der Waals surface area contributed by atoms with Gasteiger partial charge in [0.25, 0.3) is 0 Å². The average molecular weight is 334 g/mol. The maximum absolute atomic E-state index is 6.00. The van der Waals surface area contributed by atoms with Crippen LogP contribution in [-0.4, -0.2) is 17.0 Å². The molecular weight excluding hydrogens is 324 g/mol. The van der Waals surface area contributed by atoms with Crippen LogP contribution in [0.4, 0.5) is 11.8 Å². The van der Waals surface area contributed by atoms with Crippen LogP contribution >= 0.6 is 38.9 Å². The maximum atomic E-state index is 6.00. The Hall–Kier alpha value is -0.850. The largest absolute Gasteiger partial charge is 0.364 e. The van der Waals surface area contributed by atoms with Crippen molar-refractivity contribution in [2.24, 2.45) is 0 Å². The minimum atomic E-state index is 0.514. The summed E-state index contributed by atoms with van der Waals surface area (Å²) in [5, 5.41) is 6.57. The lowest BCUT2D eigenvalue weighted by molar-refractivity contribution is 1.09. The molecule has 7 heteroatoms. The number of hydrogen-bond donors (Lipinski definition) is 2. The lowest BCUT2D eigenvalue weighted by atomic mass is 10.4. The summed E-state index contributed by atoms with van der Waals surface area (Å²) in [4.78, 5) is 9.46. The molecule has 0 radical (unpaired) electrons. The molecule has 0 saturated heterocycles. The molecule has 0 spiro atoms. The topological polar surface area (TPSA) is 49.8 Å². The Bertz CT molecular complexity index is 517. The molecule has 2 N–H and O–H groups in total. The van der Waals surface area contributed by atoms with E-state index < -0.39 is 0 Å². The summed E-state index contributed by atoms with van der Waals surface area (Å²) in [7, 11) is 1.77. The minimum absolute atomic E-state index is 0.514. The molecule has 2 heterocycles. The van der Waals surface area contributed by atoms with Gasteiger partial charge in [0.15, 0.2) is 5.82 Å². The Morgan fingerprint density at radius 1 is 1.47 bits per heavy atom. The Morgan fingerprint density at radius 3 is 2.94 bits per heavy atom. The smallest absolute Gasteiger partial charge is 0.224 e. The zero-order valence-electron chi connectivity index (χ0n) is 9.00. The molecule has 0 aliphatic rings. The number of rotatable bonds is 4. The van der Waals surface area contributed by atoms with E-state index in [-0.39, 0.29) is 0 Å². The van der Waals surface area contributed by atoms with Crippen LogP contribution in [0.2, 0.25) is 5.02 Å². The maximum Gasteiger partial charge on any atom is 0.224 e. The molecule has 0 aliphatic carbocycles. The molecule has 17 heavy (non-hydrogen) atoms. The van der Waals surface area contributed by atoms with Gasteiger partial charge < -0.3 is 10.6 Å². The van der Waals surface area contributed by atoms with Crippen LogP contribution in [0.5, 0.6) is 0 Å². The third-order valence-corrected chi connectivity index (χ3v) is 3.93. The molecule has 0 saturated carbocycles. The first kappa shape index (κ1) is 12.6. The van der Waals surface area contributed by atoms with Crippen LogP contribution < -0.4 is 10.6 Å². The summed E-state index contributed by atoms with van der Waals surface area (Å²) in [6, 6.07) is 4.07. The SMILES string of the molecule is CNc1ncc(Cl)c(NCc2ccc(Br)s2)n1. The van der Waals surface area contributed by atoms with E-state index in [1.165, 1.54) is 4.88 Å². The van der Waals surface area contributed by atoms with Crippen LogP contribution in [0.3, 0.4) is 0 Å². The van der Waals surface area contributed by atoms with Crippen LogP contribution in [0.1, 0.15) is 4.88 Å². The van der Waals surface area contributed by atoms with Crippen molar-refractivity contribution in [2.45, 2.75) is 6.54 Å². The molecule has 0 bridgehead atoms.